The number of aryl methyl sites for hydroxylation is 4. The molecule has 0 saturated heterocycles. The Kier molecular flexibility index (Phi) is 6.94. The number of hydrogen-bond acceptors (Lipinski definition) is 5. The van der Waals surface area contributed by atoms with Gasteiger partial charge >= 0.3 is 0 Å². The van der Waals surface area contributed by atoms with Crippen LogP contribution in [0.15, 0.2) is 77.9 Å². The minimum atomic E-state index is 0.331. The molecule has 0 unspecified atom stereocenters. The molecule has 0 atom stereocenters. The Morgan fingerprint density at radius 2 is 1.61 bits per heavy atom. The number of amidine groups is 1. The van der Waals surface area contributed by atoms with E-state index in [4.69, 9.17) is 21.5 Å². The first-order valence-electron chi connectivity index (χ1n) is 12.8. The van der Waals surface area contributed by atoms with Crippen molar-refractivity contribution in [1.82, 2.24) is 20.1 Å². The molecule has 0 bridgehead atoms. The Bertz CT molecular complexity index is 1650. The highest BCUT2D eigenvalue weighted by Crippen LogP contribution is 2.32. The lowest BCUT2D eigenvalue weighted by molar-refractivity contribution is 0.745. The van der Waals surface area contributed by atoms with Crippen molar-refractivity contribution in [1.29, 1.82) is 0 Å². The summed E-state index contributed by atoms with van der Waals surface area (Å²) in [5.74, 6) is 6.80. The summed E-state index contributed by atoms with van der Waals surface area (Å²) in [7, 11) is 0. The van der Waals surface area contributed by atoms with Crippen LogP contribution in [0.1, 0.15) is 40.7 Å². The number of nitrogens with zero attached hydrogens (tertiary/aromatic N) is 4. The molecular weight excluding hydrogens is 470 g/mol. The van der Waals surface area contributed by atoms with E-state index in [0.29, 0.717) is 12.4 Å². The van der Waals surface area contributed by atoms with E-state index in [1.807, 2.05) is 13.0 Å². The zero-order chi connectivity index (χ0) is 26.8. The van der Waals surface area contributed by atoms with Gasteiger partial charge in [-0.05, 0) is 77.9 Å². The molecule has 5 rings (SSSR count). The molecule has 38 heavy (non-hydrogen) atoms. The van der Waals surface area contributed by atoms with Crippen LogP contribution in [-0.4, -0.2) is 20.4 Å². The van der Waals surface area contributed by atoms with E-state index in [-0.39, 0.29) is 0 Å². The topological polar surface area (TPSA) is 107 Å². The predicted octanol–water partition coefficient (Wildman–Crippen LogP) is 5.38. The third-order valence-corrected chi connectivity index (χ3v) is 6.96. The molecule has 0 radical (unpaired) electrons. The summed E-state index contributed by atoms with van der Waals surface area (Å²) >= 11 is 0. The van der Waals surface area contributed by atoms with Gasteiger partial charge in [0.25, 0.3) is 0 Å². The molecule has 0 amide bonds. The minimum Gasteiger partial charge on any atom is -0.382 e. The van der Waals surface area contributed by atoms with E-state index in [1.165, 1.54) is 16.7 Å². The Hall–Kier alpha value is -4.49. The number of benzene rings is 3. The fourth-order valence-corrected chi connectivity index (χ4v) is 5.06. The van der Waals surface area contributed by atoms with Crippen LogP contribution in [0.5, 0.6) is 0 Å². The standard InChI is InChI=1S/C31H33N7/c1-5-28-35-29-20(3)16-21(4)34-31(29)38(28)18-22-10-12-23(13-11-22)27-17-24(25-9-7-6-8-19(25)2)14-15-26(27)30(32)36-37-33/h6-17,37H,5,18,33H2,1-4H3,(H2,32,36). The second kappa shape index (κ2) is 10.5. The molecule has 3 aromatic carbocycles. The van der Waals surface area contributed by atoms with Crippen LogP contribution in [-0.2, 0) is 13.0 Å². The molecule has 0 spiro atoms. The van der Waals surface area contributed by atoms with Crippen molar-refractivity contribution in [2.45, 2.75) is 40.7 Å². The highest BCUT2D eigenvalue weighted by atomic mass is 15.5. The van der Waals surface area contributed by atoms with E-state index in [9.17, 15) is 0 Å². The van der Waals surface area contributed by atoms with E-state index in [1.54, 1.807) is 0 Å². The maximum absolute atomic E-state index is 6.28. The van der Waals surface area contributed by atoms with Gasteiger partial charge < -0.3 is 10.3 Å². The predicted molar refractivity (Wildman–Crippen MR) is 156 cm³/mol. The number of aromatic nitrogens is 3. The summed E-state index contributed by atoms with van der Waals surface area (Å²) in [6.07, 6.45) is 0.843. The van der Waals surface area contributed by atoms with Crippen molar-refractivity contribution in [2.75, 3.05) is 0 Å². The van der Waals surface area contributed by atoms with E-state index in [0.717, 1.165) is 56.9 Å². The van der Waals surface area contributed by atoms with Gasteiger partial charge in [-0.2, -0.15) is 0 Å². The lowest BCUT2D eigenvalue weighted by Crippen LogP contribution is -2.23. The molecule has 7 heteroatoms. The van der Waals surface area contributed by atoms with Gasteiger partial charge in [0.15, 0.2) is 11.5 Å². The highest BCUT2D eigenvalue weighted by Gasteiger charge is 2.15. The number of imidazole rings is 1. The van der Waals surface area contributed by atoms with Gasteiger partial charge in [0.1, 0.15) is 11.3 Å². The van der Waals surface area contributed by atoms with Crippen LogP contribution in [0.4, 0.5) is 0 Å². The number of hydrogen-bond donors (Lipinski definition) is 3. The molecule has 2 aromatic heterocycles. The first-order chi connectivity index (χ1) is 18.4. The molecule has 2 heterocycles. The van der Waals surface area contributed by atoms with Crippen molar-refractivity contribution in [3.05, 3.63) is 107 Å². The van der Waals surface area contributed by atoms with Crippen molar-refractivity contribution in [2.24, 2.45) is 16.7 Å². The monoisotopic (exact) mass is 503 g/mol. The van der Waals surface area contributed by atoms with Crippen LogP contribution in [0, 0.1) is 20.8 Å². The van der Waals surface area contributed by atoms with Crippen LogP contribution in [0.3, 0.4) is 0 Å². The Morgan fingerprint density at radius 1 is 0.868 bits per heavy atom. The van der Waals surface area contributed by atoms with Crippen LogP contribution in [0.2, 0.25) is 0 Å². The average molecular weight is 504 g/mol. The van der Waals surface area contributed by atoms with Crippen molar-refractivity contribution in [3.63, 3.8) is 0 Å². The SMILES string of the molecule is CCc1nc2c(C)cc(C)nc2n1Cc1ccc(-c2cc(-c3ccccc3C)ccc2/C(N)=N/NN)cc1. The number of hydrazine groups is 1. The van der Waals surface area contributed by atoms with E-state index >= 15 is 0 Å². The zero-order valence-electron chi connectivity index (χ0n) is 22.3. The zero-order valence-corrected chi connectivity index (χ0v) is 22.3. The summed E-state index contributed by atoms with van der Waals surface area (Å²) in [4.78, 5) is 9.70. The molecule has 192 valence electrons. The Morgan fingerprint density at radius 3 is 2.32 bits per heavy atom. The summed E-state index contributed by atoms with van der Waals surface area (Å²) in [6, 6.07) is 25.3. The normalized spacial score (nSPS) is 11.8. The minimum absolute atomic E-state index is 0.331. The first-order valence-corrected chi connectivity index (χ1v) is 12.8. The lowest BCUT2D eigenvalue weighted by atomic mass is 9.92. The first kappa shape index (κ1) is 25.2. The van der Waals surface area contributed by atoms with Gasteiger partial charge in [-0.15, -0.1) is 5.10 Å². The molecule has 0 aliphatic heterocycles. The quantitative estimate of drug-likeness (QED) is 0.120. The number of rotatable bonds is 7. The average Bonchev–Trinajstić information content (AvgIpc) is 3.26. The molecule has 7 nitrogen and oxygen atoms in total. The smallest absolute Gasteiger partial charge is 0.160 e. The van der Waals surface area contributed by atoms with Crippen LogP contribution in [0.25, 0.3) is 33.4 Å². The summed E-state index contributed by atoms with van der Waals surface area (Å²) in [6.45, 7) is 9.08. The molecule has 0 aliphatic carbocycles. The van der Waals surface area contributed by atoms with Gasteiger partial charge in [0.2, 0.25) is 0 Å². The fraction of sp³-hybridized carbons (Fsp3) is 0.194. The molecule has 0 aliphatic rings. The Labute approximate surface area is 223 Å². The molecule has 0 saturated carbocycles. The van der Waals surface area contributed by atoms with Crippen molar-refractivity contribution < 1.29 is 0 Å². The Balaban J connectivity index is 1.55. The number of fused-ring (bicyclic) bond motifs is 1. The van der Waals surface area contributed by atoms with Crippen LogP contribution < -0.4 is 17.1 Å². The third kappa shape index (κ3) is 4.76. The van der Waals surface area contributed by atoms with Crippen molar-refractivity contribution >= 4 is 17.0 Å². The second-order valence-corrected chi connectivity index (χ2v) is 9.62. The number of pyridine rings is 1. The second-order valence-electron chi connectivity index (χ2n) is 9.62. The molecule has 5 N–H and O–H groups in total. The fourth-order valence-electron chi connectivity index (χ4n) is 5.06. The molecular formula is C31H33N7. The van der Waals surface area contributed by atoms with Gasteiger partial charge in [-0.3, -0.25) is 0 Å². The van der Waals surface area contributed by atoms with Gasteiger partial charge in [0.05, 0.1) is 6.54 Å². The van der Waals surface area contributed by atoms with E-state index in [2.05, 4.69) is 103 Å². The van der Waals surface area contributed by atoms with Gasteiger partial charge in [0, 0.05) is 17.7 Å². The lowest BCUT2D eigenvalue weighted by Gasteiger charge is -2.14. The highest BCUT2D eigenvalue weighted by molar-refractivity contribution is 6.04. The molecule has 5 aromatic rings. The number of nitrogens with one attached hydrogen (secondary N) is 1. The maximum Gasteiger partial charge on any atom is 0.160 e. The largest absolute Gasteiger partial charge is 0.382 e. The number of hydrazone groups is 1. The van der Waals surface area contributed by atoms with Gasteiger partial charge in [-0.25, -0.2) is 21.3 Å². The maximum atomic E-state index is 6.28. The van der Waals surface area contributed by atoms with Gasteiger partial charge in [-0.1, -0.05) is 61.5 Å². The number of nitrogens with two attached hydrogens (primary N) is 2. The van der Waals surface area contributed by atoms with Crippen molar-refractivity contribution in [3.8, 4) is 22.3 Å². The summed E-state index contributed by atoms with van der Waals surface area (Å²) < 4.78 is 2.23. The summed E-state index contributed by atoms with van der Waals surface area (Å²) in [5.41, 5.74) is 20.2. The summed E-state index contributed by atoms with van der Waals surface area (Å²) in [5, 5.41) is 4.04. The van der Waals surface area contributed by atoms with Crippen LogP contribution >= 0.6 is 0 Å². The van der Waals surface area contributed by atoms with E-state index < -0.39 is 0 Å². The molecule has 0 fully saturated rings. The third-order valence-electron chi connectivity index (χ3n) is 6.96.